The molecule has 0 aromatic heterocycles. The van der Waals surface area contributed by atoms with Crippen LogP contribution < -0.4 is 5.73 Å². The van der Waals surface area contributed by atoms with Crippen molar-refractivity contribution in [1.29, 1.82) is 0 Å². The van der Waals surface area contributed by atoms with Gasteiger partial charge < -0.3 is 15.7 Å². The highest BCUT2D eigenvalue weighted by Gasteiger charge is 2.08. The summed E-state index contributed by atoms with van der Waals surface area (Å²) in [6.45, 7) is 0.248. The summed E-state index contributed by atoms with van der Waals surface area (Å²) in [5, 5.41) is 9.38. The predicted octanol–water partition coefficient (Wildman–Crippen LogP) is 0.251. The van der Waals surface area contributed by atoms with Gasteiger partial charge in [0.05, 0.1) is 6.10 Å². The lowest BCUT2D eigenvalue weighted by molar-refractivity contribution is 0.0827. The van der Waals surface area contributed by atoms with Crippen molar-refractivity contribution in [3.05, 3.63) is 35.4 Å². The van der Waals surface area contributed by atoms with E-state index < -0.39 is 6.10 Å². The van der Waals surface area contributed by atoms with Crippen molar-refractivity contribution in [1.82, 2.24) is 4.90 Å². The van der Waals surface area contributed by atoms with E-state index in [1.54, 1.807) is 26.2 Å². The number of aliphatic hydroxyl groups is 1. The van der Waals surface area contributed by atoms with Crippen LogP contribution in [-0.2, 0) is 6.42 Å². The molecule has 3 N–H and O–H groups in total. The highest BCUT2D eigenvalue weighted by atomic mass is 16.3. The molecule has 0 saturated carbocycles. The highest BCUT2D eigenvalue weighted by molar-refractivity contribution is 5.93. The third-order valence-corrected chi connectivity index (χ3v) is 2.35. The first-order valence-electron chi connectivity index (χ1n) is 5.23. The third-order valence-electron chi connectivity index (χ3n) is 2.35. The summed E-state index contributed by atoms with van der Waals surface area (Å²) >= 11 is 0. The van der Waals surface area contributed by atoms with Gasteiger partial charge in [0.25, 0.3) is 5.91 Å². The Hall–Kier alpha value is -1.39. The largest absolute Gasteiger partial charge is 0.391 e. The standard InChI is InChI=1S/C12H18N2O2/c1-14(2)12(16)10-5-3-9(4-6-10)7-11(15)8-13/h3-6,11,15H,7-8,13H2,1-2H3. The fourth-order valence-corrected chi connectivity index (χ4v) is 1.40. The average molecular weight is 222 g/mol. The lowest BCUT2D eigenvalue weighted by Gasteiger charge is -2.11. The molecule has 0 saturated heterocycles. The fraction of sp³-hybridized carbons (Fsp3) is 0.417. The third kappa shape index (κ3) is 3.32. The number of rotatable bonds is 4. The number of nitrogens with two attached hydrogens (primary N) is 1. The number of aliphatic hydroxyl groups excluding tert-OH is 1. The average Bonchev–Trinajstić information content (AvgIpc) is 2.28. The van der Waals surface area contributed by atoms with Gasteiger partial charge in [0.15, 0.2) is 0 Å². The van der Waals surface area contributed by atoms with E-state index in [1.807, 2.05) is 12.1 Å². The molecule has 0 fully saturated rings. The molecule has 88 valence electrons. The molecule has 0 heterocycles. The van der Waals surface area contributed by atoms with Gasteiger partial charge in [0, 0.05) is 26.2 Å². The molecule has 0 aliphatic rings. The lowest BCUT2D eigenvalue weighted by Crippen LogP contribution is -2.23. The topological polar surface area (TPSA) is 66.6 Å². The van der Waals surface area contributed by atoms with Gasteiger partial charge in [0.1, 0.15) is 0 Å². The Balaban J connectivity index is 2.71. The van der Waals surface area contributed by atoms with Crippen molar-refractivity contribution in [3.63, 3.8) is 0 Å². The van der Waals surface area contributed by atoms with Crippen LogP contribution in [0.25, 0.3) is 0 Å². The van der Waals surface area contributed by atoms with Gasteiger partial charge in [-0.3, -0.25) is 4.79 Å². The van der Waals surface area contributed by atoms with Crippen LogP contribution in [0.15, 0.2) is 24.3 Å². The van der Waals surface area contributed by atoms with Crippen LogP contribution in [-0.4, -0.2) is 42.7 Å². The smallest absolute Gasteiger partial charge is 0.253 e. The number of benzene rings is 1. The molecule has 1 amide bonds. The Labute approximate surface area is 95.7 Å². The molecule has 1 unspecified atom stereocenters. The number of hydrogen-bond donors (Lipinski definition) is 2. The van der Waals surface area contributed by atoms with Crippen LogP contribution >= 0.6 is 0 Å². The van der Waals surface area contributed by atoms with Crippen LogP contribution in [0.3, 0.4) is 0 Å². The van der Waals surface area contributed by atoms with E-state index >= 15 is 0 Å². The number of carbonyl (C=O) groups excluding carboxylic acids is 1. The van der Waals surface area contributed by atoms with E-state index in [-0.39, 0.29) is 12.5 Å². The fourth-order valence-electron chi connectivity index (χ4n) is 1.40. The molecule has 0 spiro atoms. The SMILES string of the molecule is CN(C)C(=O)c1ccc(CC(O)CN)cc1. The van der Waals surface area contributed by atoms with Gasteiger partial charge in [-0.15, -0.1) is 0 Å². The first-order chi connectivity index (χ1) is 7.54. The zero-order chi connectivity index (χ0) is 12.1. The molecule has 4 nitrogen and oxygen atoms in total. The van der Waals surface area contributed by atoms with E-state index in [4.69, 9.17) is 5.73 Å². The van der Waals surface area contributed by atoms with Crippen molar-refractivity contribution in [2.45, 2.75) is 12.5 Å². The van der Waals surface area contributed by atoms with Crippen molar-refractivity contribution in [2.24, 2.45) is 5.73 Å². The quantitative estimate of drug-likeness (QED) is 0.767. The molecule has 1 rings (SSSR count). The summed E-state index contributed by atoms with van der Waals surface area (Å²) in [5.74, 6) is -0.0223. The number of carbonyl (C=O) groups is 1. The molecule has 0 bridgehead atoms. The van der Waals surface area contributed by atoms with Crippen LogP contribution in [0.2, 0.25) is 0 Å². The summed E-state index contributed by atoms with van der Waals surface area (Å²) in [6, 6.07) is 7.22. The Bertz CT molecular complexity index is 347. The molecular formula is C12H18N2O2. The minimum atomic E-state index is -0.518. The van der Waals surface area contributed by atoms with Gasteiger partial charge in [-0.05, 0) is 24.1 Å². The van der Waals surface area contributed by atoms with E-state index in [2.05, 4.69) is 0 Å². The number of nitrogens with zero attached hydrogens (tertiary/aromatic N) is 1. The normalized spacial score (nSPS) is 12.2. The Morgan fingerprint density at radius 1 is 1.38 bits per heavy atom. The van der Waals surface area contributed by atoms with Gasteiger partial charge in [-0.1, -0.05) is 12.1 Å². The Morgan fingerprint density at radius 2 is 1.94 bits per heavy atom. The second kappa shape index (κ2) is 5.63. The van der Waals surface area contributed by atoms with Gasteiger partial charge in [-0.25, -0.2) is 0 Å². The van der Waals surface area contributed by atoms with Gasteiger partial charge in [-0.2, -0.15) is 0 Å². The summed E-state index contributed by atoms with van der Waals surface area (Å²) in [5.41, 5.74) is 6.96. The molecule has 16 heavy (non-hydrogen) atoms. The van der Waals surface area contributed by atoms with Crippen molar-refractivity contribution in [2.75, 3.05) is 20.6 Å². The summed E-state index contributed by atoms with van der Waals surface area (Å²) in [7, 11) is 3.43. The molecule has 1 aromatic carbocycles. The van der Waals surface area contributed by atoms with Crippen molar-refractivity contribution < 1.29 is 9.90 Å². The monoisotopic (exact) mass is 222 g/mol. The predicted molar refractivity (Wildman–Crippen MR) is 63.2 cm³/mol. The van der Waals surface area contributed by atoms with E-state index in [0.717, 1.165) is 5.56 Å². The second-order valence-corrected chi connectivity index (χ2v) is 3.99. The van der Waals surface area contributed by atoms with Gasteiger partial charge >= 0.3 is 0 Å². The second-order valence-electron chi connectivity index (χ2n) is 3.99. The zero-order valence-electron chi connectivity index (χ0n) is 9.68. The highest BCUT2D eigenvalue weighted by Crippen LogP contribution is 2.08. The molecule has 0 aliphatic heterocycles. The van der Waals surface area contributed by atoms with Crippen LogP contribution in [0.4, 0.5) is 0 Å². The first-order valence-corrected chi connectivity index (χ1v) is 5.23. The maximum Gasteiger partial charge on any atom is 0.253 e. The zero-order valence-corrected chi connectivity index (χ0v) is 9.68. The minimum absolute atomic E-state index is 0.0223. The first kappa shape index (κ1) is 12.7. The number of hydrogen-bond acceptors (Lipinski definition) is 3. The summed E-state index contributed by atoms with van der Waals surface area (Å²) < 4.78 is 0. The minimum Gasteiger partial charge on any atom is -0.391 e. The Morgan fingerprint density at radius 3 is 2.38 bits per heavy atom. The van der Waals surface area contributed by atoms with Crippen molar-refractivity contribution >= 4 is 5.91 Å². The molecule has 0 aliphatic carbocycles. The lowest BCUT2D eigenvalue weighted by atomic mass is 10.1. The molecule has 4 heteroatoms. The number of amides is 1. The van der Waals surface area contributed by atoms with Crippen LogP contribution in [0.5, 0.6) is 0 Å². The van der Waals surface area contributed by atoms with Gasteiger partial charge in [0.2, 0.25) is 0 Å². The maximum absolute atomic E-state index is 11.6. The van der Waals surface area contributed by atoms with Crippen molar-refractivity contribution in [3.8, 4) is 0 Å². The maximum atomic E-state index is 11.6. The van der Waals surface area contributed by atoms with Crippen LogP contribution in [0.1, 0.15) is 15.9 Å². The summed E-state index contributed by atoms with van der Waals surface area (Å²) in [6.07, 6.45) is 0.00262. The molecular weight excluding hydrogens is 204 g/mol. The van der Waals surface area contributed by atoms with E-state index in [0.29, 0.717) is 12.0 Å². The molecule has 0 radical (unpaired) electrons. The van der Waals surface area contributed by atoms with E-state index in [1.165, 1.54) is 4.90 Å². The Kier molecular flexibility index (Phi) is 4.46. The summed E-state index contributed by atoms with van der Waals surface area (Å²) in [4.78, 5) is 13.1. The van der Waals surface area contributed by atoms with E-state index in [9.17, 15) is 9.90 Å². The molecule has 1 atom stereocenters. The van der Waals surface area contributed by atoms with Crippen LogP contribution in [0, 0.1) is 0 Å². The molecule has 1 aromatic rings.